The molecule has 0 bridgehead atoms. The highest BCUT2D eigenvalue weighted by atomic mass is 16.5. The van der Waals surface area contributed by atoms with Crippen molar-refractivity contribution in [2.45, 2.75) is 32.2 Å². The minimum atomic E-state index is 0.603. The Hall–Kier alpha value is -2.11. The van der Waals surface area contributed by atoms with Crippen molar-refractivity contribution in [1.29, 1.82) is 0 Å². The highest BCUT2D eigenvalue weighted by Crippen LogP contribution is 2.38. The lowest BCUT2D eigenvalue weighted by molar-refractivity contribution is 0.323. The Morgan fingerprint density at radius 2 is 1.75 bits per heavy atom. The van der Waals surface area contributed by atoms with Gasteiger partial charge in [-0.15, -0.1) is 0 Å². The molecular formula is C18H29N3O3. The Labute approximate surface area is 144 Å². The zero-order valence-corrected chi connectivity index (χ0v) is 15.1. The van der Waals surface area contributed by atoms with Crippen molar-refractivity contribution in [2.24, 2.45) is 10.9 Å². The maximum absolute atomic E-state index is 5.38. The summed E-state index contributed by atoms with van der Waals surface area (Å²) in [7, 11) is 6.63. The lowest BCUT2D eigenvalue weighted by Gasteiger charge is -2.16. The van der Waals surface area contributed by atoms with E-state index >= 15 is 0 Å². The number of rotatable bonds is 9. The predicted octanol–water partition coefficient (Wildman–Crippen LogP) is 2.57. The van der Waals surface area contributed by atoms with Crippen LogP contribution in [0, 0.1) is 5.92 Å². The smallest absolute Gasteiger partial charge is 0.203 e. The molecule has 0 saturated heterocycles. The standard InChI is InChI=1S/C18H29N3O3/c1-19-18(20-9-5-6-13-7-8-13)21-12-14-10-15(22-2)17(24-4)16(11-14)23-3/h10-11,13H,5-9,12H2,1-4H3,(H2,19,20,21). The number of guanidine groups is 1. The largest absolute Gasteiger partial charge is 0.493 e. The summed E-state index contributed by atoms with van der Waals surface area (Å²) in [5.74, 6) is 3.69. The molecule has 0 aliphatic heterocycles. The SMILES string of the molecule is CN=C(NCCCC1CC1)NCc1cc(OC)c(OC)c(OC)c1. The summed E-state index contributed by atoms with van der Waals surface area (Å²) in [6.07, 6.45) is 5.33. The molecule has 24 heavy (non-hydrogen) atoms. The maximum atomic E-state index is 5.38. The van der Waals surface area contributed by atoms with Gasteiger partial charge in [0, 0.05) is 20.1 Å². The van der Waals surface area contributed by atoms with Crippen LogP contribution in [0.5, 0.6) is 17.2 Å². The predicted molar refractivity (Wildman–Crippen MR) is 96.3 cm³/mol. The monoisotopic (exact) mass is 335 g/mol. The number of benzene rings is 1. The summed E-state index contributed by atoms with van der Waals surface area (Å²) in [5.41, 5.74) is 1.03. The van der Waals surface area contributed by atoms with E-state index in [1.165, 1.54) is 25.7 Å². The average molecular weight is 335 g/mol. The van der Waals surface area contributed by atoms with Gasteiger partial charge < -0.3 is 24.8 Å². The molecule has 1 saturated carbocycles. The minimum absolute atomic E-state index is 0.603. The third-order valence-corrected chi connectivity index (χ3v) is 4.19. The second-order valence-corrected chi connectivity index (χ2v) is 5.97. The summed E-state index contributed by atoms with van der Waals surface area (Å²) in [5, 5.41) is 6.67. The molecule has 1 aromatic carbocycles. The van der Waals surface area contributed by atoms with Crippen LogP contribution in [0.4, 0.5) is 0 Å². The summed E-state index contributed by atoms with van der Waals surface area (Å²) >= 11 is 0. The van der Waals surface area contributed by atoms with Gasteiger partial charge in [0.15, 0.2) is 17.5 Å². The van der Waals surface area contributed by atoms with Crippen LogP contribution in [-0.2, 0) is 6.54 Å². The molecular weight excluding hydrogens is 306 g/mol. The van der Waals surface area contributed by atoms with Crippen molar-refractivity contribution in [3.63, 3.8) is 0 Å². The summed E-state index contributed by atoms with van der Waals surface area (Å²) in [4.78, 5) is 4.26. The maximum Gasteiger partial charge on any atom is 0.203 e. The van der Waals surface area contributed by atoms with Crippen molar-refractivity contribution in [3.05, 3.63) is 17.7 Å². The number of hydrogen-bond donors (Lipinski definition) is 2. The van der Waals surface area contributed by atoms with E-state index in [1.807, 2.05) is 12.1 Å². The van der Waals surface area contributed by atoms with E-state index in [9.17, 15) is 0 Å². The van der Waals surface area contributed by atoms with Crippen molar-refractivity contribution >= 4 is 5.96 Å². The highest BCUT2D eigenvalue weighted by molar-refractivity contribution is 5.79. The fraction of sp³-hybridized carbons (Fsp3) is 0.611. The second-order valence-electron chi connectivity index (χ2n) is 5.97. The van der Waals surface area contributed by atoms with Crippen molar-refractivity contribution in [1.82, 2.24) is 10.6 Å². The van der Waals surface area contributed by atoms with Gasteiger partial charge in [0.25, 0.3) is 0 Å². The zero-order chi connectivity index (χ0) is 17.4. The van der Waals surface area contributed by atoms with Crippen molar-refractivity contribution < 1.29 is 14.2 Å². The number of aliphatic imine (C=N–C) groups is 1. The van der Waals surface area contributed by atoms with Crippen LogP contribution in [0.2, 0.25) is 0 Å². The van der Waals surface area contributed by atoms with Crippen LogP contribution < -0.4 is 24.8 Å². The molecule has 6 heteroatoms. The average Bonchev–Trinajstić information content (AvgIpc) is 3.44. The van der Waals surface area contributed by atoms with Gasteiger partial charge in [-0.25, -0.2) is 0 Å². The molecule has 0 unspecified atom stereocenters. The first-order valence-electron chi connectivity index (χ1n) is 8.45. The molecule has 1 aliphatic rings. The molecule has 0 amide bonds. The molecule has 1 aliphatic carbocycles. The Bertz CT molecular complexity index is 531. The quantitative estimate of drug-likeness (QED) is 0.412. The third-order valence-electron chi connectivity index (χ3n) is 4.19. The van der Waals surface area contributed by atoms with Gasteiger partial charge in [0.1, 0.15) is 0 Å². The number of methoxy groups -OCH3 is 3. The van der Waals surface area contributed by atoms with E-state index in [2.05, 4.69) is 15.6 Å². The lowest BCUT2D eigenvalue weighted by Crippen LogP contribution is -2.37. The van der Waals surface area contributed by atoms with Crippen LogP contribution in [0.25, 0.3) is 0 Å². The summed E-state index contributed by atoms with van der Waals surface area (Å²) < 4.78 is 16.1. The fourth-order valence-electron chi connectivity index (χ4n) is 2.65. The van der Waals surface area contributed by atoms with Gasteiger partial charge in [-0.3, -0.25) is 4.99 Å². The molecule has 1 fully saturated rings. The Morgan fingerprint density at radius 1 is 1.08 bits per heavy atom. The Balaban J connectivity index is 1.88. The fourth-order valence-corrected chi connectivity index (χ4v) is 2.65. The van der Waals surface area contributed by atoms with Crippen LogP contribution in [0.1, 0.15) is 31.2 Å². The number of hydrogen-bond acceptors (Lipinski definition) is 4. The van der Waals surface area contributed by atoms with Gasteiger partial charge in [-0.05, 0) is 36.5 Å². The second kappa shape index (κ2) is 9.25. The first-order valence-corrected chi connectivity index (χ1v) is 8.45. The molecule has 0 spiro atoms. The summed E-state index contributed by atoms with van der Waals surface area (Å²) in [6.45, 7) is 1.57. The molecule has 1 aromatic rings. The number of ether oxygens (including phenoxy) is 3. The van der Waals surface area contributed by atoms with Crippen LogP contribution in [0.15, 0.2) is 17.1 Å². The van der Waals surface area contributed by atoms with E-state index in [4.69, 9.17) is 14.2 Å². The van der Waals surface area contributed by atoms with Gasteiger partial charge in [-0.2, -0.15) is 0 Å². The molecule has 0 aromatic heterocycles. The molecule has 134 valence electrons. The van der Waals surface area contributed by atoms with E-state index in [-0.39, 0.29) is 0 Å². The number of nitrogens with one attached hydrogen (secondary N) is 2. The third kappa shape index (κ3) is 5.22. The van der Waals surface area contributed by atoms with E-state index in [0.29, 0.717) is 23.8 Å². The van der Waals surface area contributed by atoms with Crippen LogP contribution in [-0.4, -0.2) is 40.9 Å². The Morgan fingerprint density at radius 3 is 2.25 bits per heavy atom. The van der Waals surface area contributed by atoms with Crippen LogP contribution >= 0.6 is 0 Å². The number of nitrogens with zero attached hydrogens (tertiary/aromatic N) is 1. The molecule has 0 radical (unpaired) electrons. The van der Waals surface area contributed by atoms with Gasteiger partial charge in [0.2, 0.25) is 5.75 Å². The first kappa shape index (κ1) is 18.2. The summed E-state index contributed by atoms with van der Waals surface area (Å²) in [6, 6.07) is 3.88. The highest BCUT2D eigenvalue weighted by Gasteiger charge is 2.20. The normalized spacial score (nSPS) is 14.2. The molecule has 6 nitrogen and oxygen atoms in total. The van der Waals surface area contributed by atoms with E-state index in [0.717, 1.165) is 24.0 Å². The topological polar surface area (TPSA) is 64.1 Å². The van der Waals surface area contributed by atoms with E-state index < -0.39 is 0 Å². The molecule has 2 rings (SSSR count). The van der Waals surface area contributed by atoms with Gasteiger partial charge in [-0.1, -0.05) is 12.8 Å². The Kier molecular flexibility index (Phi) is 7.03. The van der Waals surface area contributed by atoms with E-state index in [1.54, 1.807) is 28.4 Å². The minimum Gasteiger partial charge on any atom is -0.493 e. The first-order chi connectivity index (χ1) is 11.7. The van der Waals surface area contributed by atoms with Crippen molar-refractivity contribution in [2.75, 3.05) is 34.9 Å². The van der Waals surface area contributed by atoms with Gasteiger partial charge in [0.05, 0.1) is 21.3 Å². The molecule has 0 atom stereocenters. The lowest BCUT2D eigenvalue weighted by atomic mass is 10.2. The molecule has 0 heterocycles. The van der Waals surface area contributed by atoms with Crippen LogP contribution in [0.3, 0.4) is 0 Å². The van der Waals surface area contributed by atoms with Gasteiger partial charge >= 0.3 is 0 Å². The van der Waals surface area contributed by atoms with Crippen molar-refractivity contribution in [3.8, 4) is 17.2 Å². The molecule has 2 N–H and O–H groups in total. The zero-order valence-electron chi connectivity index (χ0n) is 15.1.